The van der Waals surface area contributed by atoms with Crippen molar-refractivity contribution in [2.24, 2.45) is 35.0 Å². The molecule has 0 radical (unpaired) electrons. The highest BCUT2D eigenvalue weighted by Crippen LogP contribution is 2.55. The lowest BCUT2D eigenvalue weighted by atomic mass is 9.51. The molecular weight excluding hydrogens is 445 g/mol. The summed E-state index contributed by atoms with van der Waals surface area (Å²) < 4.78 is 13.5. The minimum absolute atomic E-state index is 0.00410. The largest absolute Gasteiger partial charge is 0.392 e. The Kier molecular flexibility index (Phi) is 7.74. The highest BCUT2D eigenvalue weighted by atomic mass is 19.1. The summed E-state index contributed by atoms with van der Waals surface area (Å²) in [6, 6.07) is 5.39. The van der Waals surface area contributed by atoms with E-state index in [-0.39, 0.29) is 47.1 Å². The van der Waals surface area contributed by atoms with Crippen molar-refractivity contribution in [3.63, 3.8) is 0 Å². The van der Waals surface area contributed by atoms with Crippen molar-refractivity contribution in [2.45, 2.75) is 78.4 Å². The number of fused-ring (bicyclic) bond motifs is 1. The van der Waals surface area contributed by atoms with Gasteiger partial charge in [-0.1, -0.05) is 33.8 Å². The highest BCUT2D eigenvalue weighted by molar-refractivity contribution is 5.89. The van der Waals surface area contributed by atoms with Gasteiger partial charge in [0.15, 0.2) is 0 Å². The molecule has 0 bridgehead atoms. The van der Waals surface area contributed by atoms with Gasteiger partial charge >= 0.3 is 6.03 Å². The number of piperidine rings is 1. The normalized spacial score (nSPS) is 34.6. The number of aliphatic hydroxyl groups excluding tert-OH is 1. The molecule has 4 rings (SSSR count). The number of nitrogens with one attached hydrogen (secondary N) is 2. The minimum Gasteiger partial charge on any atom is -0.392 e. The van der Waals surface area contributed by atoms with E-state index in [1.54, 1.807) is 12.1 Å². The third kappa shape index (κ3) is 5.50. The first-order valence-electron chi connectivity index (χ1n) is 13.4. The molecule has 1 aliphatic heterocycles. The summed E-state index contributed by atoms with van der Waals surface area (Å²) in [5.74, 6) is 0.234. The summed E-state index contributed by atoms with van der Waals surface area (Å²) in [6.45, 7) is 10.2. The average molecular weight is 488 g/mol. The molecule has 3 N–H and O–H groups in total. The maximum Gasteiger partial charge on any atom is 0.319 e. The van der Waals surface area contributed by atoms with E-state index in [0.717, 1.165) is 51.6 Å². The second kappa shape index (κ2) is 10.5. The van der Waals surface area contributed by atoms with Gasteiger partial charge in [0.25, 0.3) is 0 Å². The molecule has 2 aliphatic carbocycles. The topological polar surface area (TPSA) is 81.7 Å². The van der Waals surface area contributed by atoms with Crippen LogP contribution in [0.3, 0.4) is 0 Å². The fraction of sp³-hybridized carbons (Fsp3) is 0.714. The van der Waals surface area contributed by atoms with Crippen molar-refractivity contribution in [1.29, 1.82) is 0 Å². The number of rotatable bonds is 4. The van der Waals surface area contributed by atoms with Gasteiger partial charge in [-0.2, -0.15) is 0 Å². The van der Waals surface area contributed by atoms with Crippen molar-refractivity contribution < 1.29 is 19.1 Å². The smallest absolute Gasteiger partial charge is 0.319 e. The van der Waals surface area contributed by atoms with Crippen LogP contribution in [0.5, 0.6) is 0 Å². The molecule has 1 saturated heterocycles. The van der Waals surface area contributed by atoms with Crippen LogP contribution in [0.2, 0.25) is 0 Å². The van der Waals surface area contributed by atoms with Crippen LogP contribution in [0.1, 0.15) is 66.2 Å². The molecule has 3 aliphatic rings. The van der Waals surface area contributed by atoms with Crippen LogP contribution in [0.25, 0.3) is 0 Å². The number of benzene rings is 1. The Balaban J connectivity index is 1.42. The summed E-state index contributed by atoms with van der Waals surface area (Å²) in [5, 5.41) is 17.4. The lowest BCUT2D eigenvalue weighted by Gasteiger charge is -2.56. The zero-order valence-electron chi connectivity index (χ0n) is 21.6. The maximum absolute atomic E-state index is 13.5. The lowest BCUT2D eigenvalue weighted by Crippen LogP contribution is -2.59. The molecule has 194 valence electrons. The van der Waals surface area contributed by atoms with E-state index in [0.29, 0.717) is 11.6 Å². The van der Waals surface area contributed by atoms with Gasteiger partial charge in [0.1, 0.15) is 5.82 Å². The number of aliphatic hydroxyl groups is 1. The first-order chi connectivity index (χ1) is 16.6. The van der Waals surface area contributed by atoms with E-state index in [1.165, 1.54) is 12.1 Å². The second-order valence-corrected chi connectivity index (χ2v) is 11.8. The zero-order chi connectivity index (χ0) is 25.3. The standard InChI is InChI=1S/C28H42FN3O3/c1-17-10-14-32(15-11-17)26(34)18(2)22-8-12-28(4)13-9-23(19(3)24(28)25(22)33)31-27(35)30-21-7-5-6-20(29)16-21/h5-7,16-19,22-25,33H,8-15H2,1-4H3,(H2,30,31,35)/t18-,19-,22-,23-,24+,25-,28+/m0/s1. The maximum atomic E-state index is 13.5. The van der Waals surface area contributed by atoms with Gasteiger partial charge < -0.3 is 20.6 Å². The number of urea groups is 1. The van der Waals surface area contributed by atoms with Gasteiger partial charge in [-0.05, 0) is 85.8 Å². The summed E-state index contributed by atoms with van der Waals surface area (Å²) in [4.78, 5) is 28.0. The second-order valence-electron chi connectivity index (χ2n) is 11.8. The van der Waals surface area contributed by atoms with E-state index >= 15 is 0 Å². The van der Waals surface area contributed by atoms with Gasteiger partial charge in [0.05, 0.1) is 6.10 Å². The Morgan fingerprint density at radius 2 is 1.83 bits per heavy atom. The first-order valence-corrected chi connectivity index (χ1v) is 13.4. The summed E-state index contributed by atoms with van der Waals surface area (Å²) in [5.41, 5.74) is 0.406. The predicted molar refractivity (Wildman–Crippen MR) is 135 cm³/mol. The van der Waals surface area contributed by atoms with Crippen LogP contribution in [-0.2, 0) is 4.79 Å². The molecule has 0 aromatic heterocycles. The van der Waals surface area contributed by atoms with Crippen molar-refractivity contribution >= 4 is 17.6 Å². The number of anilines is 1. The van der Waals surface area contributed by atoms with Gasteiger partial charge in [0, 0.05) is 30.7 Å². The Morgan fingerprint density at radius 3 is 2.51 bits per heavy atom. The SMILES string of the molecule is CC1CCN(C(=O)[C@@H](C)[C@@H]2CC[C@]3(C)CC[C@H](NC(=O)Nc4cccc(F)c4)[C@H](C)[C@@H]3[C@H]2O)CC1. The number of hydrogen-bond donors (Lipinski definition) is 3. The molecule has 0 unspecified atom stereocenters. The molecule has 1 aromatic carbocycles. The van der Waals surface area contributed by atoms with Gasteiger partial charge in [0.2, 0.25) is 5.91 Å². The number of likely N-dealkylation sites (tertiary alicyclic amines) is 1. The van der Waals surface area contributed by atoms with Crippen LogP contribution in [0.15, 0.2) is 24.3 Å². The quantitative estimate of drug-likeness (QED) is 0.557. The predicted octanol–water partition coefficient (Wildman–Crippen LogP) is 5.03. The fourth-order valence-corrected chi connectivity index (χ4v) is 7.10. The third-order valence-corrected chi connectivity index (χ3v) is 9.41. The van der Waals surface area contributed by atoms with E-state index < -0.39 is 11.9 Å². The van der Waals surface area contributed by atoms with Crippen molar-refractivity contribution in [3.05, 3.63) is 30.1 Å². The number of amides is 3. The van der Waals surface area contributed by atoms with Crippen LogP contribution in [-0.4, -0.2) is 47.2 Å². The van der Waals surface area contributed by atoms with Crippen LogP contribution < -0.4 is 10.6 Å². The molecular formula is C28H42FN3O3. The van der Waals surface area contributed by atoms with E-state index in [1.807, 2.05) is 11.8 Å². The molecule has 3 amide bonds. The Bertz CT molecular complexity index is 918. The molecule has 2 saturated carbocycles. The lowest BCUT2D eigenvalue weighted by molar-refractivity contribution is -0.151. The third-order valence-electron chi connectivity index (χ3n) is 9.41. The number of hydrogen-bond acceptors (Lipinski definition) is 3. The van der Waals surface area contributed by atoms with E-state index in [4.69, 9.17) is 0 Å². The Labute approximate surface area is 209 Å². The Hall–Kier alpha value is -2.15. The van der Waals surface area contributed by atoms with Crippen molar-refractivity contribution in [3.8, 4) is 0 Å². The number of carbonyl (C=O) groups excluding carboxylic acids is 2. The summed E-state index contributed by atoms with van der Waals surface area (Å²) in [7, 11) is 0. The summed E-state index contributed by atoms with van der Waals surface area (Å²) >= 11 is 0. The first kappa shape index (κ1) is 25.9. The fourth-order valence-electron chi connectivity index (χ4n) is 7.10. The van der Waals surface area contributed by atoms with Gasteiger partial charge in [-0.3, -0.25) is 4.79 Å². The molecule has 6 nitrogen and oxygen atoms in total. The van der Waals surface area contributed by atoms with Gasteiger partial charge in [-0.25, -0.2) is 9.18 Å². The molecule has 7 heteroatoms. The van der Waals surface area contributed by atoms with E-state index in [9.17, 15) is 19.1 Å². The number of halogens is 1. The monoisotopic (exact) mass is 487 g/mol. The summed E-state index contributed by atoms with van der Waals surface area (Å²) in [6.07, 6.45) is 5.12. The zero-order valence-corrected chi connectivity index (χ0v) is 21.6. The van der Waals surface area contributed by atoms with Crippen LogP contribution >= 0.6 is 0 Å². The van der Waals surface area contributed by atoms with Crippen LogP contribution in [0.4, 0.5) is 14.9 Å². The molecule has 0 spiro atoms. The van der Waals surface area contributed by atoms with Crippen molar-refractivity contribution in [2.75, 3.05) is 18.4 Å². The molecule has 1 aromatic rings. The molecule has 1 heterocycles. The van der Waals surface area contributed by atoms with Gasteiger partial charge in [-0.15, -0.1) is 0 Å². The Morgan fingerprint density at radius 1 is 1.14 bits per heavy atom. The number of carbonyl (C=O) groups is 2. The molecule has 7 atom stereocenters. The van der Waals surface area contributed by atoms with E-state index in [2.05, 4.69) is 31.4 Å². The number of nitrogens with zero attached hydrogens (tertiary/aromatic N) is 1. The van der Waals surface area contributed by atoms with Crippen molar-refractivity contribution in [1.82, 2.24) is 10.2 Å². The van der Waals surface area contributed by atoms with Crippen LogP contribution in [0, 0.1) is 40.8 Å². The molecule has 35 heavy (non-hydrogen) atoms. The highest BCUT2D eigenvalue weighted by Gasteiger charge is 2.54. The average Bonchev–Trinajstić information content (AvgIpc) is 2.81. The minimum atomic E-state index is -0.581. The molecule has 3 fully saturated rings.